The average Bonchev–Trinajstić information content (AvgIpc) is 2.31. The molecular weight excluding hydrogens is 347 g/mol. The highest BCUT2D eigenvalue weighted by Gasteiger charge is 2.20. The summed E-state index contributed by atoms with van der Waals surface area (Å²) in [6.45, 7) is 3.39. The molecule has 4 nitrogen and oxygen atoms in total. The number of benzene rings is 1. The zero-order valence-corrected chi connectivity index (χ0v) is 13.9. The van der Waals surface area contributed by atoms with Crippen molar-refractivity contribution in [3.63, 3.8) is 0 Å². The van der Waals surface area contributed by atoms with Crippen LogP contribution in [0.1, 0.15) is 20.3 Å². The molecule has 0 amide bonds. The first-order valence-electron chi connectivity index (χ1n) is 5.72. The van der Waals surface area contributed by atoms with Crippen molar-refractivity contribution in [3.05, 3.63) is 27.2 Å². The summed E-state index contributed by atoms with van der Waals surface area (Å²) < 4.78 is 28.4. The van der Waals surface area contributed by atoms with Gasteiger partial charge >= 0.3 is 10.1 Å². The van der Waals surface area contributed by atoms with E-state index in [0.29, 0.717) is 0 Å². The minimum absolute atomic E-state index is 0.0127. The number of carbonyl (C=O) groups is 1. The van der Waals surface area contributed by atoms with E-state index in [-0.39, 0.29) is 38.9 Å². The van der Waals surface area contributed by atoms with Crippen molar-refractivity contribution in [2.75, 3.05) is 5.75 Å². The second-order valence-electron chi connectivity index (χ2n) is 4.41. The number of Topliss-reactive ketones (excluding diaryl/α,β-unsaturated/α-hetero) is 1. The van der Waals surface area contributed by atoms with Gasteiger partial charge in [0.2, 0.25) is 0 Å². The van der Waals surface area contributed by atoms with Crippen molar-refractivity contribution in [1.82, 2.24) is 0 Å². The summed E-state index contributed by atoms with van der Waals surface area (Å²) in [4.78, 5) is 11.4. The van der Waals surface area contributed by atoms with E-state index in [9.17, 15) is 13.2 Å². The molecule has 0 saturated carbocycles. The van der Waals surface area contributed by atoms with Gasteiger partial charge in [-0.15, -0.1) is 0 Å². The summed E-state index contributed by atoms with van der Waals surface area (Å²) in [6, 6.07) is 2.64. The van der Waals surface area contributed by atoms with Gasteiger partial charge in [0.25, 0.3) is 0 Å². The minimum Gasteiger partial charge on any atom is -0.379 e. The quantitative estimate of drug-likeness (QED) is 0.721. The van der Waals surface area contributed by atoms with E-state index in [2.05, 4.69) is 0 Å². The van der Waals surface area contributed by atoms with Crippen LogP contribution in [0.2, 0.25) is 15.1 Å². The third-order valence-corrected chi connectivity index (χ3v) is 4.32. The van der Waals surface area contributed by atoms with Crippen molar-refractivity contribution >= 4 is 50.7 Å². The molecule has 0 radical (unpaired) electrons. The molecule has 0 aliphatic rings. The molecule has 0 fully saturated rings. The van der Waals surface area contributed by atoms with Crippen molar-refractivity contribution in [1.29, 1.82) is 0 Å². The van der Waals surface area contributed by atoms with E-state index < -0.39 is 15.9 Å². The molecule has 8 heteroatoms. The van der Waals surface area contributed by atoms with Gasteiger partial charge in [-0.1, -0.05) is 48.7 Å². The predicted molar refractivity (Wildman–Crippen MR) is 80.3 cm³/mol. The SMILES string of the molecule is CC(C)C(=O)CCS(=O)(=O)Oc1c(Cl)cc(Cl)cc1Cl. The molecular formula is C12H13Cl3O4S. The molecule has 0 aromatic heterocycles. The number of carbonyl (C=O) groups excluding carboxylic acids is 1. The van der Waals surface area contributed by atoms with Gasteiger partial charge in [-0.3, -0.25) is 4.79 Å². The van der Waals surface area contributed by atoms with E-state index in [1.807, 2.05) is 0 Å². The molecule has 0 atom stereocenters. The third kappa shape index (κ3) is 5.13. The number of hydrogen-bond acceptors (Lipinski definition) is 4. The first-order valence-corrected chi connectivity index (χ1v) is 8.43. The van der Waals surface area contributed by atoms with Crippen LogP contribution in [-0.4, -0.2) is 20.0 Å². The van der Waals surface area contributed by atoms with Crippen LogP contribution in [-0.2, 0) is 14.9 Å². The molecule has 0 bridgehead atoms. The van der Waals surface area contributed by atoms with Gasteiger partial charge in [0.05, 0.1) is 15.8 Å². The molecule has 112 valence electrons. The fourth-order valence-corrected chi connectivity index (χ4v) is 3.25. The van der Waals surface area contributed by atoms with E-state index in [4.69, 9.17) is 39.0 Å². The van der Waals surface area contributed by atoms with Gasteiger partial charge < -0.3 is 4.18 Å². The summed E-state index contributed by atoms with van der Waals surface area (Å²) in [5.74, 6) is -1.01. The lowest BCUT2D eigenvalue weighted by molar-refractivity contribution is -0.121. The van der Waals surface area contributed by atoms with Gasteiger partial charge in [-0.25, -0.2) is 0 Å². The Bertz CT molecular complexity index is 588. The maximum Gasteiger partial charge on any atom is 0.309 e. The maximum absolute atomic E-state index is 11.8. The smallest absolute Gasteiger partial charge is 0.309 e. The molecule has 0 heterocycles. The van der Waals surface area contributed by atoms with Crippen LogP contribution < -0.4 is 4.18 Å². The second-order valence-corrected chi connectivity index (χ2v) is 7.36. The number of hydrogen-bond donors (Lipinski definition) is 0. The van der Waals surface area contributed by atoms with E-state index in [1.165, 1.54) is 12.1 Å². The fourth-order valence-electron chi connectivity index (χ4n) is 1.29. The zero-order valence-electron chi connectivity index (χ0n) is 10.8. The lowest BCUT2D eigenvalue weighted by Crippen LogP contribution is -2.19. The normalized spacial score (nSPS) is 11.7. The molecule has 0 N–H and O–H groups in total. The Hall–Kier alpha value is -0.490. The van der Waals surface area contributed by atoms with Gasteiger partial charge in [-0.05, 0) is 12.1 Å². The topological polar surface area (TPSA) is 60.4 Å². The molecule has 0 unspecified atom stereocenters. The monoisotopic (exact) mass is 358 g/mol. The molecule has 0 spiro atoms. The molecule has 0 aliphatic carbocycles. The van der Waals surface area contributed by atoms with Gasteiger partial charge in [0.15, 0.2) is 5.75 Å². The van der Waals surface area contributed by atoms with E-state index in [1.54, 1.807) is 13.8 Å². The van der Waals surface area contributed by atoms with Gasteiger partial charge in [-0.2, -0.15) is 8.42 Å². The van der Waals surface area contributed by atoms with E-state index in [0.717, 1.165) is 0 Å². The molecule has 0 aliphatic heterocycles. The van der Waals surface area contributed by atoms with Crippen LogP contribution in [0.25, 0.3) is 0 Å². The molecule has 0 saturated heterocycles. The highest BCUT2D eigenvalue weighted by atomic mass is 35.5. The van der Waals surface area contributed by atoms with Crippen molar-refractivity contribution in [3.8, 4) is 5.75 Å². The highest BCUT2D eigenvalue weighted by Crippen LogP contribution is 2.36. The zero-order chi connectivity index (χ0) is 15.5. The number of halogens is 3. The number of ketones is 1. The molecule has 1 aromatic rings. The Morgan fingerprint density at radius 3 is 2.15 bits per heavy atom. The van der Waals surface area contributed by atoms with Crippen LogP contribution in [0.3, 0.4) is 0 Å². The molecule has 1 rings (SSSR count). The Morgan fingerprint density at radius 1 is 1.20 bits per heavy atom. The molecule has 20 heavy (non-hydrogen) atoms. The summed E-state index contributed by atoms with van der Waals surface area (Å²) in [6.07, 6.45) is -0.122. The van der Waals surface area contributed by atoms with Crippen LogP contribution in [0, 0.1) is 5.92 Å². The highest BCUT2D eigenvalue weighted by molar-refractivity contribution is 7.87. The summed E-state index contributed by atoms with van der Waals surface area (Å²) in [7, 11) is -3.95. The Kier molecular flexibility index (Phi) is 6.13. The Labute approximate surface area is 133 Å². The summed E-state index contributed by atoms with van der Waals surface area (Å²) in [5, 5.41) is 0.238. The summed E-state index contributed by atoms with van der Waals surface area (Å²) >= 11 is 17.4. The van der Waals surface area contributed by atoms with Crippen LogP contribution in [0.15, 0.2) is 12.1 Å². The van der Waals surface area contributed by atoms with Crippen molar-refractivity contribution < 1.29 is 17.4 Å². The average molecular weight is 360 g/mol. The van der Waals surface area contributed by atoms with Crippen molar-refractivity contribution in [2.45, 2.75) is 20.3 Å². The minimum atomic E-state index is -3.95. The van der Waals surface area contributed by atoms with Crippen molar-refractivity contribution in [2.24, 2.45) is 5.92 Å². The maximum atomic E-state index is 11.8. The lowest BCUT2D eigenvalue weighted by atomic mass is 10.1. The molecule has 1 aromatic carbocycles. The second kappa shape index (κ2) is 6.98. The predicted octanol–water partition coefficient (Wildman–Crippen LogP) is 3.97. The third-order valence-electron chi connectivity index (χ3n) is 2.42. The standard InChI is InChI=1S/C12H13Cl3O4S/c1-7(2)11(16)3-4-20(17,18)19-12-9(14)5-8(13)6-10(12)15/h5-7H,3-4H2,1-2H3. The van der Waals surface area contributed by atoms with Gasteiger partial charge in [0, 0.05) is 17.4 Å². The van der Waals surface area contributed by atoms with Crippen LogP contribution in [0.5, 0.6) is 5.75 Å². The van der Waals surface area contributed by atoms with E-state index >= 15 is 0 Å². The van der Waals surface area contributed by atoms with Crippen LogP contribution in [0.4, 0.5) is 0 Å². The largest absolute Gasteiger partial charge is 0.379 e. The van der Waals surface area contributed by atoms with Crippen LogP contribution >= 0.6 is 34.8 Å². The fraction of sp³-hybridized carbons (Fsp3) is 0.417. The lowest BCUT2D eigenvalue weighted by Gasteiger charge is -2.10. The van der Waals surface area contributed by atoms with Gasteiger partial charge in [0.1, 0.15) is 5.78 Å². The summed E-state index contributed by atoms with van der Waals surface area (Å²) in [5.41, 5.74) is 0. The Balaban J connectivity index is 2.85. The first kappa shape index (κ1) is 17.6. The Morgan fingerprint density at radius 2 is 1.70 bits per heavy atom. The number of rotatable bonds is 6. The first-order chi connectivity index (χ1) is 9.12.